The Kier molecular flexibility index (Phi) is 5.82. The van der Waals surface area contributed by atoms with Crippen LogP contribution < -0.4 is 40.0 Å². The van der Waals surface area contributed by atoms with Gasteiger partial charge in [-0.1, -0.05) is 33.8 Å². The number of nitrogens with one attached hydrogen (secondary N) is 1. The molecule has 114 valence electrons. The first-order valence-electron chi connectivity index (χ1n) is 7.08. The standard InChI is InChI=1S/C16H22N2O3.Na/c1-15(2,10-7-5-6-8-17-10)9-18-13(19)11-12(14(20)21)16(11,3)4;/h5-8,11-12H,9H2,1-4H3,(H,18,19)(H,20,21);/q;+1/p-1/t11-,12+;/m0./s1. The average molecular weight is 312 g/mol. The first-order valence-corrected chi connectivity index (χ1v) is 7.08. The first kappa shape index (κ1) is 19.1. The summed E-state index contributed by atoms with van der Waals surface area (Å²) in [6.45, 7) is 7.95. The third-order valence-electron chi connectivity index (χ3n) is 4.43. The maximum Gasteiger partial charge on any atom is 1.00 e. The van der Waals surface area contributed by atoms with Gasteiger partial charge in [0.25, 0.3) is 0 Å². The topological polar surface area (TPSA) is 82.1 Å². The predicted molar refractivity (Wildman–Crippen MR) is 76.0 cm³/mol. The number of aromatic nitrogens is 1. The van der Waals surface area contributed by atoms with E-state index in [9.17, 15) is 14.7 Å². The maximum atomic E-state index is 12.2. The van der Waals surface area contributed by atoms with Crippen molar-refractivity contribution in [3.63, 3.8) is 0 Å². The largest absolute Gasteiger partial charge is 1.00 e. The molecule has 0 radical (unpaired) electrons. The van der Waals surface area contributed by atoms with Gasteiger partial charge in [0.2, 0.25) is 5.91 Å². The summed E-state index contributed by atoms with van der Waals surface area (Å²) in [5, 5.41) is 13.9. The number of amides is 1. The minimum absolute atomic E-state index is 0. The molecule has 22 heavy (non-hydrogen) atoms. The summed E-state index contributed by atoms with van der Waals surface area (Å²) in [5.41, 5.74) is 0.0437. The van der Waals surface area contributed by atoms with Crippen molar-refractivity contribution in [2.45, 2.75) is 33.1 Å². The number of rotatable bonds is 5. The zero-order valence-corrected chi connectivity index (χ0v) is 15.8. The van der Waals surface area contributed by atoms with Crippen LogP contribution in [0.5, 0.6) is 0 Å². The van der Waals surface area contributed by atoms with Crippen LogP contribution in [-0.2, 0) is 15.0 Å². The molecule has 5 nitrogen and oxygen atoms in total. The van der Waals surface area contributed by atoms with Crippen molar-refractivity contribution < 1.29 is 44.3 Å². The molecular weight excluding hydrogens is 291 g/mol. The number of carbonyl (C=O) groups excluding carboxylic acids is 2. The monoisotopic (exact) mass is 312 g/mol. The minimum atomic E-state index is -1.15. The molecule has 0 saturated heterocycles. The third-order valence-corrected chi connectivity index (χ3v) is 4.43. The maximum absolute atomic E-state index is 12.2. The van der Waals surface area contributed by atoms with Gasteiger partial charge in [0.15, 0.2) is 0 Å². The van der Waals surface area contributed by atoms with Gasteiger partial charge in [0.1, 0.15) is 0 Å². The van der Waals surface area contributed by atoms with E-state index in [2.05, 4.69) is 10.3 Å². The van der Waals surface area contributed by atoms with E-state index in [0.717, 1.165) is 5.69 Å². The molecule has 0 aliphatic heterocycles. The van der Waals surface area contributed by atoms with E-state index in [4.69, 9.17) is 0 Å². The fourth-order valence-electron chi connectivity index (χ4n) is 2.84. The molecule has 0 bridgehead atoms. The van der Waals surface area contributed by atoms with E-state index >= 15 is 0 Å². The SMILES string of the molecule is CC(C)(CNC(=O)[C@@H]1[C@H](C(=O)[O-])C1(C)C)c1ccccn1.[Na+]. The van der Waals surface area contributed by atoms with Crippen LogP contribution >= 0.6 is 0 Å². The quantitative estimate of drug-likeness (QED) is 0.610. The predicted octanol–water partition coefficient (Wildman–Crippen LogP) is -2.50. The Bertz CT molecular complexity index is 558. The fraction of sp³-hybridized carbons (Fsp3) is 0.562. The van der Waals surface area contributed by atoms with Gasteiger partial charge in [-0.3, -0.25) is 9.78 Å². The molecule has 2 atom stereocenters. The van der Waals surface area contributed by atoms with Crippen molar-refractivity contribution >= 4 is 11.9 Å². The minimum Gasteiger partial charge on any atom is -0.550 e. The average Bonchev–Trinajstić information content (AvgIpc) is 3.00. The number of carbonyl (C=O) groups is 2. The Balaban J connectivity index is 0.00000242. The number of hydrogen-bond donors (Lipinski definition) is 1. The van der Waals surface area contributed by atoms with Gasteiger partial charge >= 0.3 is 29.6 Å². The van der Waals surface area contributed by atoms with Crippen LogP contribution in [0.1, 0.15) is 33.4 Å². The van der Waals surface area contributed by atoms with Gasteiger partial charge in [-0.2, -0.15) is 0 Å². The molecule has 1 saturated carbocycles. The molecule has 1 fully saturated rings. The van der Waals surface area contributed by atoms with Crippen molar-refractivity contribution in [1.82, 2.24) is 10.3 Å². The van der Waals surface area contributed by atoms with Gasteiger partial charge in [0.05, 0.1) is 5.92 Å². The fourth-order valence-corrected chi connectivity index (χ4v) is 2.84. The van der Waals surface area contributed by atoms with Gasteiger partial charge in [-0.25, -0.2) is 0 Å². The number of hydrogen-bond acceptors (Lipinski definition) is 4. The summed E-state index contributed by atoms with van der Waals surface area (Å²) < 4.78 is 0. The molecule has 1 aromatic heterocycles. The van der Waals surface area contributed by atoms with Crippen LogP contribution in [0.2, 0.25) is 0 Å². The number of aliphatic carboxylic acids is 1. The Morgan fingerprint density at radius 1 is 1.32 bits per heavy atom. The van der Waals surface area contributed by atoms with Crippen molar-refractivity contribution in [2.75, 3.05) is 6.54 Å². The molecule has 0 spiro atoms. The van der Waals surface area contributed by atoms with Crippen LogP contribution in [0.3, 0.4) is 0 Å². The summed E-state index contributed by atoms with van der Waals surface area (Å²) in [7, 11) is 0. The Morgan fingerprint density at radius 3 is 2.41 bits per heavy atom. The molecule has 6 heteroatoms. The van der Waals surface area contributed by atoms with E-state index in [0.29, 0.717) is 6.54 Å². The molecule has 1 amide bonds. The second-order valence-corrected chi connectivity index (χ2v) is 6.91. The van der Waals surface area contributed by atoms with Crippen molar-refractivity contribution in [3.05, 3.63) is 30.1 Å². The summed E-state index contributed by atoms with van der Waals surface area (Å²) >= 11 is 0. The number of carboxylic acids is 1. The van der Waals surface area contributed by atoms with Crippen LogP contribution in [0, 0.1) is 17.3 Å². The van der Waals surface area contributed by atoms with Crippen molar-refractivity contribution in [2.24, 2.45) is 17.3 Å². The van der Waals surface area contributed by atoms with Crippen LogP contribution in [0.4, 0.5) is 0 Å². The van der Waals surface area contributed by atoms with E-state index in [-0.39, 0.29) is 40.9 Å². The zero-order valence-electron chi connectivity index (χ0n) is 13.8. The van der Waals surface area contributed by atoms with Crippen LogP contribution in [-0.4, -0.2) is 23.4 Å². The summed E-state index contributed by atoms with van der Waals surface area (Å²) in [4.78, 5) is 27.5. The van der Waals surface area contributed by atoms with Gasteiger partial charge in [0, 0.05) is 35.7 Å². The number of nitrogens with zero attached hydrogens (tertiary/aromatic N) is 1. The number of pyridine rings is 1. The summed E-state index contributed by atoms with van der Waals surface area (Å²) in [6, 6.07) is 5.66. The van der Waals surface area contributed by atoms with Crippen LogP contribution in [0.15, 0.2) is 24.4 Å². The smallest absolute Gasteiger partial charge is 0.550 e. The van der Waals surface area contributed by atoms with Gasteiger partial charge in [-0.05, 0) is 17.5 Å². The Labute approximate surface area is 153 Å². The molecule has 0 unspecified atom stereocenters. The van der Waals surface area contributed by atoms with Crippen molar-refractivity contribution in [3.8, 4) is 0 Å². The molecule has 1 aromatic rings. The molecule has 1 N–H and O–H groups in total. The van der Waals surface area contributed by atoms with Crippen LogP contribution in [0.25, 0.3) is 0 Å². The summed E-state index contributed by atoms with van der Waals surface area (Å²) in [6.07, 6.45) is 1.72. The summed E-state index contributed by atoms with van der Waals surface area (Å²) in [5.74, 6) is -2.58. The molecule has 2 rings (SSSR count). The zero-order chi connectivity index (χ0) is 15.8. The molecular formula is C16H21N2NaO3. The first-order chi connectivity index (χ1) is 9.68. The Hall–Kier alpha value is -0.910. The normalized spacial score (nSPS) is 22.4. The van der Waals surface area contributed by atoms with E-state index in [1.807, 2.05) is 32.0 Å². The van der Waals surface area contributed by atoms with Crippen molar-refractivity contribution in [1.29, 1.82) is 0 Å². The van der Waals surface area contributed by atoms with E-state index < -0.39 is 23.2 Å². The Morgan fingerprint density at radius 2 is 1.95 bits per heavy atom. The molecule has 1 aliphatic rings. The van der Waals surface area contributed by atoms with Gasteiger partial charge < -0.3 is 15.2 Å². The molecule has 1 aliphatic carbocycles. The third kappa shape index (κ3) is 3.70. The molecule has 0 aromatic carbocycles. The van der Waals surface area contributed by atoms with Gasteiger partial charge in [-0.15, -0.1) is 0 Å². The second-order valence-electron chi connectivity index (χ2n) is 6.91. The molecule has 1 heterocycles. The van der Waals surface area contributed by atoms with E-state index in [1.54, 1.807) is 20.0 Å². The number of carboxylic acid groups (broad SMARTS) is 1. The van der Waals surface area contributed by atoms with E-state index in [1.165, 1.54) is 0 Å². The second kappa shape index (κ2) is 6.69.